The molecule has 0 amide bonds. The predicted molar refractivity (Wildman–Crippen MR) is 88.5 cm³/mol. The van der Waals surface area contributed by atoms with E-state index in [0.29, 0.717) is 6.54 Å². The first kappa shape index (κ1) is 15.2. The van der Waals surface area contributed by atoms with Crippen LogP contribution in [0.15, 0.2) is 53.0 Å². The van der Waals surface area contributed by atoms with Crippen LogP contribution in [0.3, 0.4) is 0 Å². The Balaban J connectivity index is 2.09. The van der Waals surface area contributed by atoms with Crippen molar-refractivity contribution in [1.82, 2.24) is 4.90 Å². The highest BCUT2D eigenvalue weighted by atomic mass is 79.9. The van der Waals surface area contributed by atoms with Gasteiger partial charge in [0, 0.05) is 30.7 Å². The summed E-state index contributed by atoms with van der Waals surface area (Å²) in [7, 11) is 0. The van der Waals surface area contributed by atoms with E-state index < -0.39 is 0 Å². The Labute approximate surface area is 129 Å². The molecule has 2 N–H and O–H groups in total. The van der Waals surface area contributed by atoms with Crippen molar-refractivity contribution < 1.29 is 0 Å². The smallest absolute Gasteiger partial charge is 0.0249 e. The Bertz CT molecular complexity index is 540. The molecule has 0 atom stereocenters. The van der Waals surface area contributed by atoms with E-state index in [-0.39, 0.29) is 0 Å². The van der Waals surface area contributed by atoms with Crippen LogP contribution in [0.2, 0.25) is 0 Å². The van der Waals surface area contributed by atoms with Crippen LogP contribution in [0.25, 0.3) is 0 Å². The van der Waals surface area contributed by atoms with Crippen molar-refractivity contribution in [3.63, 3.8) is 0 Å². The molecule has 0 heterocycles. The minimum Gasteiger partial charge on any atom is -0.329 e. The number of benzene rings is 2. The van der Waals surface area contributed by atoms with E-state index in [2.05, 4.69) is 70.2 Å². The quantitative estimate of drug-likeness (QED) is 0.873. The van der Waals surface area contributed by atoms with Gasteiger partial charge in [0.1, 0.15) is 0 Å². The molecule has 2 nitrogen and oxygen atoms in total. The first-order valence-corrected chi connectivity index (χ1v) is 7.69. The summed E-state index contributed by atoms with van der Waals surface area (Å²) >= 11 is 3.65. The van der Waals surface area contributed by atoms with E-state index in [9.17, 15) is 0 Å². The van der Waals surface area contributed by atoms with Crippen LogP contribution in [0.1, 0.15) is 16.7 Å². The maximum Gasteiger partial charge on any atom is 0.0249 e. The Morgan fingerprint density at radius 1 is 1.05 bits per heavy atom. The monoisotopic (exact) mass is 332 g/mol. The van der Waals surface area contributed by atoms with E-state index in [1.165, 1.54) is 21.2 Å². The Morgan fingerprint density at radius 2 is 1.80 bits per heavy atom. The standard InChI is InChI=1S/C17H21BrN2/c1-14-7-8-16(17(18)11-14)13-20(10-9-19)12-15-5-3-2-4-6-15/h2-8,11H,9-10,12-13,19H2,1H3. The Kier molecular flexibility index (Phi) is 5.77. The average Bonchev–Trinajstić information content (AvgIpc) is 2.43. The number of hydrogen-bond acceptors (Lipinski definition) is 2. The number of aryl methyl sites for hydroxylation is 1. The fourth-order valence-electron chi connectivity index (χ4n) is 2.26. The predicted octanol–water partition coefficient (Wildman–Crippen LogP) is 3.72. The second kappa shape index (κ2) is 7.58. The Hall–Kier alpha value is -1.16. The minimum absolute atomic E-state index is 0.677. The molecular weight excluding hydrogens is 312 g/mol. The Morgan fingerprint density at radius 3 is 2.45 bits per heavy atom. The van der Waals surface area contributed by atoms with Gasteiger partial charge in [-0.2, -0.15) is 0 Å². The molecule has 2 aromatic rings. The van der Waals surface area contributed by atoms with Crippen LogP contribution in [0.5, 0.6) is 0 Å². The van der Waals surface area contributed by atoms with Crippen molar-refractivity contribution >= 4 is 15.9 Å². The number of nitrogens with two attached hydrogens (primary N) is 1. The van der Waals surface area contributed by atoms with E-state index in [1.54, 1.807) is 0 Å². The normalized spacial score (nSPS) is 11.0. The zero-order valence-corrected chi connectivity index (χ0v) is 13.4. The molecule has 0 bridgehead atoms. The fourth-order valence-corrected chi connectivity index (χ4v) is 2.88. The average molecular weight is 333 g/mol. The number of halogens is 1. The van der Waals surface area contributed by atoms with Gasteiger partial charge in [-0.3, -0.25) is 4.90 Å². The van der Waals surface area contributed by atoms with Crippen molar-refractivity contribution in [1.29, 1.82) is 0 Å². The highest BCUT2D eigenvalue weighted by Gasteiger charge is 2.08. The van der Waals surface area contributed by atoms with Crippen LogP contribution in [0.4, 0.5) is 0 Å². The number of hydrogen-bond donors (Lipinski definition) is 1. The third-order valence-electron chi connectivity index (χ3n) is 3.30. The zero-order valence-electron chi connectivity index (χ0n) is 11.8. The molecule has 2 rings (SSSR count). The molecule has 0 spiro atoms. The van der Waals surface area contributed by atoms with Crippen LogP contribution in [-0.4, -0.2) is 18.0 Å². The summed E-state index contributed by atoms with van der Waals surface area (Å²) < 4.78 is 1.17. The van der Waals surface area contributed by atoms with Gasteiger partial charge < -0.3 is 5.73 Å². The lowest BCUT2D eigenvalue weighted by atomic mass is 10.1. The molecule has 0 unspecified atom stereocenters. The first-order chi connectivity index (χ1) is 9.69. The molecule has 0 saturated carbocycles. The lowest BCUT2D eigenvalue weighted by Gasteiger charge is -2.22. The molecular formula is C17H21BrN2. The van der Waals surface area contributed by atoms with E-state index >= 15 is 0 Å². The highest BCUT2D eigenvalue weighted by molar-refractivity contribution is 9.10. The van der Waals surface area contributed by atoms with Gasteiger partial charge in [0.05, 0.1) is 0 Å². The summed E-state index contributed by atoms with van der Waals surface area (Å²) in [4.78, 5) is 2.38. The van der Waals surface area contributed by atoms with E-state index in [4.69, 9.17) is 5.73 Å². The largest absolute Gasteiger partial charge is 0.329 e. The van der Waals surface area contributed by atoms with Gasteiger partial charge in [-0.25, -0.2) is 0 Å². The summed E-state index contributed by atoms with van der Waals surface area (Å²) in [5.41, 5.74) is 9.65. The number of nitrogens with zero attached hydrogens (tertiary/aromatic N) is 1. The minimum atomic E-state index is 0.677. The molecule has 0 radical (unpaired) electrons. The van der Waals surface area contributed by atoms with Gasteiger partial charge in [0.2, 0.25) is 0 Å². The molecule has 0 aliphatic rings. The summed E-state index contributed by atoms with van der Waals surface area (Å²) in [6.07, 6.45) is 0. The van der Waals surface area contributed by atoms with Crippen LogP contribution >= 0.6 is 15.9 Å². The summed E-state index contributed by atoms with van der Waals surface area (Å²) in [6, 6.07) is 17.0. The molecule has 0 aliphatic heterocycles. The molecule has 20 heavy (non-hydrogen) atoms. The van der Waals surface area contributed by atoms with Gasteiger partial charge in [0.15, 0.2) is 0 Å². The molecule has 106 valence electrons. The summed E-state index contributed by atoms with van der Waals surface area (Å²) in [6.45, 7) is 5.52. The molecule has 0 fully saturated rings. The lowest BCUT2D eigenvalue weighted by Crippen LogP contribution is -2.28. The third-order valence-corrected chi connectivity index (χ3v) is 4.04. The van der Waals surface area contributed by atoms with E-state index in [0.717, 1.165) is 19.6 Å². The van der Waals surface area contributed by atoms with Crippen molar-refractivity contribution in [3.8, 4) is 0 Å². The van der Waals surface area contributed by atoms with Gasteiger partial charge in [-0.05, 0) is 29.7 Å². The van der Waals surface area contributed by atoms with Gasteiger partial charge in [0.25, 0.3) is 0 Å². The molecule has 3 heteroatoms. The topological polar surface area (TPSA) is 29.3 Å². The van der Waals surface area contributed by atoms with E-state index in [1.807, 2.05) is 6.07 Å². The maximum absolute atomic E-state index is 5.75. The van der Waals surface area contributed by atoms with Crippen LogP contribution < -0.4 is 5.73 Å². The second-order valence-electron chi connectivity index (χ2n) is 5.08. The molecule has 2 aromatic carbocycles. The van der Waals surface area contributed by atoms with Gasteiger partial charge >= 0.3 is 0 Å². The first-order valence-electron chi connectivity index (χ1n) is 6.90. The van der Waals surface area contributed by atoms with Gasteiger partial charge in [-0.1, -0.05) is 58.4 Å². The van der Waals surface area contributed by atoms with Crippen molar-refractivity contribution in [2.45, 2.75) is 20.0 Å². The maximum atomic E-state index is 5.75. The van der Waals surface area contributed by atoms with Crippen LogP contribution in [0, 0.1) is 6.92 Å². The summed E-state index contributed by atoms with van der Waals surface area (Å²) in [5.74, 6) is 0. The van der Waals surface area contributed by atoms with Crippen molar-refractivity contribution in [3.05, 3.63) is 69.7 Å². The van der Waals surface area contributed by atoms with Crippen LogP contribution in [-0.2, 0) is 13.1 Å². The van der Waals surface area contributed by atoms with Crippen molar-refractivity contribution in [2.75, 3.05) is 13.1 Å². The molecule has 0 aliphatic carbocycles. The number of rotatable bonds is 6. The zero-order chi connectivity index (χ0) is 14.4. The van der Waals surface area contributed by atoms with Gasteiger partial charge in [-0.15, -0.1) is 0 Å². The SMILES string of the molecule is Cc1ccc(CN(CCN)Cc2ccccc2)c(Br)c1. The second-order valence-corrected chi connectivity index (χ2v) is 5.93. The van der Waals surface area contributed by atoms with Crippen molar-refractivity contribution in [2.24, 2.45) is 5.73 Å². The molecule has 0 aromatic heterocycles. The highest BCUT2D eigenvalue weighted by Crippen LogP contribution is 2.20. The molecule has 0 saturated heterocycles. The third kappa shape index (κ3) is 4.44. The summed E-state index contributed by atoms with van der Waals surface area (Å²) in [5, 5.41) is 0. The fraction of sp³-hybridized carbons (Fsp3) is 0.294. The lowest BCUT2D eigenvalue weighted by molar-refractivity contribution is 0.264.